The summed E-state index contributed by atoms with van der Waals surface area (Å²) in [7, 11) is 5.19. The van der Waals surface area contributed by atoms with Crippen molar-refractivity contribution in [1.29, 1.82) is 5.26 Å². The second-order valence-corrected chi connectivity index (χ2v) is 3.95. The van der Waals surface area contributed by atoms with E-state index in [9.17, 15) is 0 Å². The first kappa shape index (κ1) is 13.2. The van der Waals surface area contributed by atoms with Gasteiger partial charge in [0, 0.05) is 19.7 Å². The molecule has 0 aliphatic rings. The molecule has 0 N–H and O–H groups in total. The highest BCUT2D eigenvalue weighted by atomic mass is 16.5. The summed E-state index contributed by atoms with van der Waals surface area (Å²) in [6, 6.07) is 7.87. The first-order valence-corrected chi connectivity index (χ1v) is 5.45. The first-order valence-electron chi connectivity index (χ1n) is 5.45. The van der Waals surface area contributed by atoms with Crippen molar-refractivity contribution >= 4 is 5.69 Å². The van der Waals surface area contributed by atoms with Crippen LogP contribution >= 0.6 is 0 Å². The van der Waals surface area contributed by atoms with Gasteiger partial charge < -0.3 is 14.4 Å². The van der Waals surface area contributed by atoms with E-state index in [2.05, 4.69) is 6.07 Å². The quantitative estimate of drug-likeness (QED) is 0.784. The highest BCUT2D eigenvalue weighted by Crippen LogP contribution is 2.31. The van der Waals surface area contributed by atoms with Gasteiger partial charge in [0.2, 0.25) is 0 Å². The summed E-state index contributed by atoms with van der Waals surface area (Å²) in [5.41, 5.74) is 0.954. The van der Waals surface area contributed by atoms with Crippen molar-refractivity contribution < 1.29 is 9.47 Å². The molecule has 0 bridgehead atoms. The Hall–Kier alpha value is -1.89. The Morgan fingerprint density at radius 2 is 2.06 bits per heavy atom. The SMILES string of the molecule is COc1ccc(N(C)CC(C)C#N)c(OC)c1. The van der Waals surface area contributed by atoms with E-state index in [1.165, 1.54) is 0 Å². The summed E-state index contributed by atoms with van der Waals surface area (Å²) in [6.07, 6.45) is 0. The Bertz CT molecular complexity index is 412. The van der Waals surface area contributed by atoms with E-state index >= 15 is 0 Å². The van der Waals surface area contributed by atoms with Gasteiger partial charge in [-0.3, -0.25) is 0 Å². The van der Waals surface area contributed by atoms with Gasteiger partial charge in [0.15, 0.2) is 0 Å². The number of nitriles is 1. The number of anilines is 1. The van der Waals surface area contributed by atoms with Crippen LogP contribution in [0.1, 0.15) is 6.92 Å². The van der Waals surface area contributed by atoms with Crippen LogP contribution in [0, 0.1) is 17.2 Å². The molecule has 1 atom stereocenters. The number of methoxy groups -OCH3 is 2. The molecule has 4 heteroatoms. The lowest BCUT2D eigenvalue weighted by molar-refractivity contribution is 0.394. The van der Waals surface area contributed by atoms with Gasteiger partial charge in [-0.15, -0.1) is 0 Å². The minimum Gasteiger partial charge on any atom is -0.497 e. The molecule has 0 saturated heterocycles. The fourth-order valence-electron chi connectivity index (χ4n) is 1.65. The molecule has 0 fully saturated rings. The van der Waals surface area contributed by atoms with Crippen molar-refractivity contribution in [2.24, 2.45) is 5.92 Å². The zero-order valence-corrected chi connectivity index (χ0v) is 10.7. The summed E-state index contributed by atoms with van der Waals surface area (Å²) in [5.74, 6) is 1.48. The summed E-state index contributed by atoms with van der Waals surface area (Å²) in [4.78, 5) is 2.01. The van der Waals surface area contributed by atoms with E-state index in [1.807, 2.05) is 37.1 Å². The Balaban J connectivity index is 2.93. The van der Waals surface area contributed by atoms with E-state index in [0.717, 1.165) is 17.2 Å². The molecule has 1 rings (SSSR count). The van der Waals surface area contributed by atoms with E-state index in [-0.39, 0.29) is 5.92 Å². The van der Waals surface area contributed by atoms with Crippen molar-refractivity contribution in [3.05, 3.63) is 18.2 Å². The van der Waals surface area contributed by atoms with Gasteiger partial charge in [-0.1, -0.05) is 0 Å². The molecular formula is C13H18N2O2. The Morgan fingerprint density at radius 1 is 1.35 bits per heavy atom. The maximum atomic E-state index is 8.81. The van der Waals surface area contributed by atoms with E-state index in [0.29, 0.717) is 6.54 Å². The molecule has 0 amide bonds. The molecule has 0 heterocycles. The fourth-order valence-corrected chi connectivity index (χ4v) is 1.65. The van der Waals surface area contributed by atoms with Crippen molar-refractivity contribution in [3.63, 3.8) is 0 Å². The number of nitrogens with zero attached hydrogens (tertiary/aromatic N) is 2. The van der Waals surface area contributed by atoms with E-state index in [1.54, 1.807) is 14.2 Å². The predicted molar refractivity (Wildman–Crippen MR) is 67.6 cm³/mol. The van der Waals surface area contributed by atoms with Crippen molar-refractivity contribution in [2.45, 2.75) is 6.92 Å². The molecule has 1 aromatic rings. The van der Waals surface area contributed by atoms with Crippen LogP contribution in [0.5, 0.6) is 11.5 Å². The normalized spacial score (nSPS) is 11.5. The zero-order chi connectivity index (χ0) is 12.8. The average Bonchev–Trinajstić information content (AvgIpc) is 2.37. The summed E-state index contributed by atoms with van der Waals surface area (Å²) < 4.78 is 10.5. The molecule has 0 aliphatic heterocycles. The maximum Gasteiger partial charge on any atom is 0.145 e. The first-order chi connectivity index (χ1) is 8.12. The summed E-state index contributed by atoms with van der Waals surface area (Å²) >= 11 is 0. The lowest BCUT2D eigenvalue weighted by Gasteiger charge is -2.23. The molecule has 17 heavy (non-hydrogen) atoms. The smallest absolute Gasteiger partial charge is 0.145 e. The molecule has 0 aliphatic carbocycles. The second kappa shape index (κ2) is 6.00. The minimum atomic E-state index is -0.0215. The van der Waals surface area contributed by atoms with Crippen molar-refractivity contribution in [1.82, 2.24) is 0 Å². The highest BCUT2D eigenvalue weighted by Gasteiger charge is 2.11. The third-order valence-corrected chi connectivity index (χ3v) is 2.57. The Labute approximate surface area is 102 Å². The van der Waals surface area contributed by atoms with Gasteiger partial charge in [0.1, 0.15) is 11.5 Å². The second-order valence-electron chi connectivity index (χ2n) is 3.95. The maximum absolute atomic E-state index is 8.81. The van der Waals surface area contributed by atoms with Crippen molar-refractivity contribution in [3.8, 4) is 17.6 Å². The van der Waals surface area contributed by atoms with Crippen LogP contribution in [0.25, 0.3) is 0 Å². The fraction of sp³-hybridized carbons (Fsp3) is 0.462. The molecule has 92 valence electrons. The lowest BCUT2D eigenvalue weighted by atomic mass is 10.2. The Kier molecular flexibility index (Phi) is 4.65. The van der Waals surface area contributed by atoms with E-state index in [4.69, 9.17) is 14.7 Å². The number of benzene rings is 1. The standard InChI is InChI=1S/C13H18N2O2/c1-10(8-14)9-15(2)12-6-5-11(16-3)7-13(12)17-4/h5-7,10H,9H2,1-4H3. The number of hydrogen-bond donors (Lipinski definition) is 0. The topological polar surface area (TPSA) is 45.5 Å². The van der Waals surface area contributed by atoms with Crippen LogP contribution in [0.15, 0.2) is 18.2 Å². The van der Waals surface area contributed by atoms with Crippen molar-refractivity contribution in [2.75, 3.05) is 32.7 Å². The van der Waals surface area contributed by atoms with Gasteiger partial charge in [-0.25, -0.2) is 0 Å². The van der Waals surface area contributed by atoms with Crippen LogP contribution < -0.4 is 14.4 Å². The van der Waals surface area contributed by atoms with Crippen LogP contribution in [0.4, 0.5) is 5.69 Å². The third kappa shape index (κ3) is 3.28. The zero-order valence-electron chi connectivity index (χ0n) is 10.7. The lowest BCUT2D eigenvalue weighted by Crippen LogP contribution is -2.23. The van der Waals surface area contributed by atoms with E-state index < -0.39 is 0 Å². The molecule has 0 spiro atoms. The number of ether oxygens (including phenoxy) is 2. The highest BCUT2D eigenvalue weighted by molar-refractivity contribution is 5.60. The molecule has 0 aromatic heterocycles. The van der Waals surface area contributed by atoms with Gasteiger partial charge in [0.05, 0.1) is 31.9 Å². The molecular weight excluding hydrogens is 216 g/mol. The van der Waals surface area contributed by atoms with Crippen LogP contribution in [-0.4, -0.2) is 27.8 Å². The van der Waals surface area contributed by atoms with Gasteiger partial charge >= 0.3 is 0 Å². The van der Waals surface area contributed by atoms with Gasteiger partial charge in [-0.2, -0.15) is 5.26 Å². The Morgan fingerprint density at radius 3 is 2.59 bits per heavy atom. The number of rotatable bonds is 5. The average molecular weight is 234 g/mol. The minimum absolute atomic E-state index is 0.0215. The molecule has 0 saturated carbocycles. The predicted octanol–water partition coefficient (Wildman–Crippen LogP) is 2.30. The molecule has 4 nitrogen and oxygen atoms in total. The van der Waals surface area contributed by atoms with Crippen LogP contribution in [-0.2, 0) is 0 Å². The third-order valence-electron chi connectivity index (χ3n) is 2.57. The molecule has 1 aromatic carbocycles. The molecule has 0 radical (unpaired) electrons. The number of hydrogen-bond acceptors (Lipinski definition) is 4. The summed E-state index contributed by atoms with van der Waals surface area (Å²) in [6.45, 7) is 2.56. The largest absolute Gasteiger partial charge is 0.497 e. The van der Waals surface area contributed by atoms with Gasteiger partial charge in [-0.05, 0) is 19.1 Å². The molecule has 1 unspecified atom stereocenters. The monoisotopic (exact) mass is 234 g/mol. The van der Waals surface area contributed by atoms with Crippen LogP contribution in [0.2, 0.25) is 0 Å². The van der Waals surface area contributed by atoms with Gasteiger partial charge in [0.25, 0.3) is 0 Å². The summed E-state index contributed by atoms with van der Waals surface area (Å²) in [5, 5.41) is 8.81. The van der Waals surface area contributed by atoms with Crippen LogP contribution in [0.3, 0.4) is 0 Å².